The van der Waals surface area contributed by atoms with Gasteiger partial charge in [0.05, 0.1) is 53.7 Å². The van der Waals surface area contributed by atoms with Crippen LogP contribution in [0.3, 0.4) is 0 Å². The number of carbonyl (C=O) groups excluding carboxylic acids is 1. The molecule has 0 radical (unpaired) electrons. The number of rotatable bonds is 5. The van der Waals surface area contributed by atoms with Gasteiger partial charge in [-0.25, -0.2) is 15.0 Å². The molecule has 4 aromatic heterocycles. The van der Waals surface area contributed by atoms with E-state index in [1.807, 2.05) is 36.5 Å². The SMILES string of the molecule is O=C(Nc1cc2sc(N3CCOCC3)nc2cc1N1CCOCC1)c1cccc(-c2cnc3[nH]ccc3c2)n1. The molecule has 2 N–H and O–H groups in total. The van der Waals surface area contributed by atoms with E-state index >= 15 is 0 Å². The van der Waals surface area contributed by atoms with Crippen molar-refractivity contribution in [2.24, 2.45) is 0 Å². The second-order valence-corrected chi connectivity index (χ2v) is 10.5. The van der Waals surface area contributed by atoms with Crippen LogP contribution in [-0.4, -0.2) is 78.4 Å². The van der Waals surface area contributed by atoms with Crippen molar-refractivity contribution in [1.29, 1.82) is 0 Å². The molecule has 0 bridgehead atoms. The van der Waals surface area contributed by atoms with Crippen molar-refractivity contribution in [3.8, 4) is 11.3 Å². The largest absolute Gasteiger partial charge is 0.378 e. The number of carbonyl (C=O) groups is 1. The number of amides is 1. The van der Waals surface area contributed by atoms with Gasteiger partial charge in [0.15, 0.2) is 5.13 Å². The minimum Gasteiger partial charge on any atom is -0.378 e. The lowest BCUT2D eigenvalue weighted by Gasteiger charge is -2.30. The third-order valence-corrected chi connectivity index (χ3v) is 8.13. The number of benzene rings is 1. The van der Waals surface area contributed by atoms with Gasteiger partial charge in [0, 0.05) is 49.5 Å². The molecule has 2 aliphatic rings. The third-order valence-electron chi connectivity index (χ3n) is 7.05. The molecule has 6 heterocycles. The van der Waals surface area contributed by atoms with Crippen LogP contribution in [0, 0.1) is 0 Å². The Labute approximate surface area is 228 Å². The molecule has 0 spiro atoms. The molecule has 1 aromatic carbocycles. The smallest absolute Gasteiger partial charge is 0.274 e. The molecule has 2 fully saturated rings. The van der Waals surface area contributed by atoms with Crippen LogP contribution in [0.5, 0.6) is 0 Å². The van der Waals surface area contributed by atoms with Gasteiger partial charge in [-0.1, -0.05) is 17.4 Å². The Morgan fingerprint density at radius 1 is 0.949 bits per heavy atom. The maximum absolute atomic E-state index is 13.5. The first-order valence-electron chi connectivity index (χ1n) is 13.0. The predicted octanol–water partition coefficient (Wildman–Crippen LogP) is 4.16. The van der Waals surface area contributed by atoms with Crippen molar-refractivity contribution in [3.63, 3.8) is 0 Å². The number of nitrogens with one attached hydrogen (secondary N) is 2. The molecule has 2 aliphatic heterocycles. The van der Waals surface area contributed by atoms with Crippen LogP contribution < -0.4 is 15.1 Å². The van der Waals surface area contributed by atoms with E-state index in [4.69, 9.17) is 14.5 Å². The predicted molar refractivity (Wildman–Crippen MR) is 153 cm³/mol. The molecule has 7 rings (SSSR count). The van der Waals surface area contributed by atoms with E-state index in [1.54, 1.807) is 23.6 Å². The van der Waals surface area contributed by atoms with Gasteiger partial charge in [-0.15, -0.1) is 0 Å². The number of aromatic amines is 1. The van der Waals surface area contributed by atoms with Crippen LogP contribution in [0.4, 0.5) is 16.5 Å². The Bertz CT molecular complexity index is 1650. The van der Waals surface area contributed by atoms with Crippen molar-refractivity contribution in [2.75, 3.05) is 67.7 Å². The highest BCUT2D eigenvalue weighted by Gasteiger charge is 2.22. The minimum absolute atomic E-state index is 0.265. The molecule has 0 saturated carbocycles. The van der Waals surface area contributed by atoms with Crippen LogP contribution in [0.2, 0.25) is 0 Å². The first-order chi connectivity index (χ1) is 19.2. The molecular weight excluding hydrogens is 514 g/mol. The van der Waals surface area contributed by atoms with Crippen LogP contribution in [0.15, 0.2) is 54.9 Å². The number of fused-ring (bicyclic) bond motifs is 2. The number of thiazole rings is 1. The summed E-state index contributed by atoms with van der Waals surface area (Å²) in [5.41, 5.74) is 5.32. The lowest BCUT2D eigenvalue weighted by molar-refractivity contribution is 0.102. The molecule has 39 heavy (non-hydrogen) atoms. The maximum Gasteiger partial charge on any atom is 0.274 e. The summed E-state index contributed by atoms with van der Waals surface area (Å²) in [4.78, 5) is 35.2. The van der Waals surface area contributed by atoms with Crippen LogP contribution in [-0.2, 0) is 9.47 Å². The Balaban J connectivity index is 1.21. The summed E-state index contributed by atoms with van der Waals surface area (Å²) in [7, 11) is 0. The number of hydrogen-bond donors (Lipinski definition) is 2. The van der Waals surface area contributed by atoms with E-state index in [1.165, 1.54) is 0 Å². The van der Waals surface area contributed by atoms with Crippen molar-refractivity contribution in [3.05, 3.63) is 60.6 Å². The van der Waals surface area contributed by atoms with Gasteiger partial charge < -0.3 is 29.6 Å². The molecular formula is C28H27N7O3S. The number of anilines is 3. The van der Waals surface area contributed by atoms with Gasteiger partial charge in [-0.2, -0.15) is 0 Å². The van der Waals surface area contributed by atoms with Gasteiger partial charge in [-0.05, 0) is 36.4 Å². The highest BCUT2D eigenvalue weighted by molar-refractivity contribution is 7.22. The highest BCUT2D eigenvalue weighted by atomic mass is 32.1. The summed E-state index contributed by atoms with van der Waals surface area (Å²) in [6.07, 6.45) is 3.62. The van der Waals surface area contributed by atoms with Crippen LogP contribution >= 0.6 is 11.3 Å². The van der Waals surface area contributed by atoms with E-state index in [-0.39, 0.29) is 5.91 Å². The van der Waals surface area contributed by atoms with E-state index in [0.29, 0.717) is 37.8 Å². The Morgan fingerprint density at radius 3 is 2.56 bits per heavy atom. The molecule has 0 atom stereocenters. The summed E-state index contributed by atoms with van der Waals surface area (Å²) < 4.78 is 12.1. The molecule has 0 aliphatic carbocycles. The average molecular weight is 542 g/mol. The van der Waals surface area contributed by atoms with Crippen LogP contribution in [0.1, 0.15) is 10.5 Å². The molecule has 0 unspecified atom stereocenters. The zero-order valence-corrected chi connectivity index (χ0v) is 22.0. The van der Waals surface area contributed by atoms with E-state index in [2.05, 4.69) is 36.1 Å². The number of nitrogens with zero attached hydrogens (tertiary/aromatic N) is 5. The first-order valence-corrected chi connectivity index (χ1v) is 13.8. The number of morpholine rings is 2. The lowest BCUT2D eigenvalue weighted by Crippen LogP contribution is -2.36. The van der Waals surface area contributed by atoms with Crippen molar-refractivity contribution in [1.82, 2.24) is 19.9 Å². The second-order valence-electron chi connectivity index (χ2n) is 9.53. The first kappa shape index (κ1) is 24.0. The van der Waals surface area contributed by atoms with Gasteiger partial charge in [-0.3, -0.25) is 4.79 Å². The summed E-state index contributed by atoms with van der Waals surface area (Å²) in [6.45, 7) is 5.85. The Kier molecular flexibility index (Phi) is 6.31. The molecule has 11 heteroatoms. The van der Waals surface area contributed by atoms with E-state index in [9.17, 15) is 4.79 Å². The third kappa shape index (κ3) is 4.80. The summed E-state index contributed by atoms with van der Waals surface area (Å²) in [5.74, 6) is -0.265. The van der Waals surface area contributed by atoms with Crippen LogP contribution in [0.25, 0.3) is 32.5 Å². The summed E-state index contributed by atoms with van der Waals surface area (Å²) >= 11 is 1.64. The Morgan fingerprint density at radius 2 is 1.74 bits per heavy atom. The van der Waals surface area contributed by atoms with Crippen molar-refractivity contribution >= 4 is 55.0 Å². The van der Waals surface area contributed by atoms with Crippen molar-refractivity contribution in [2.45, 2.75) is 0 Å². The number of H-pyrrole nitrogens is 1. The van der Waals surface area contributed by atoms with Gasteiger partial charge >= 0.3 is 0 Å². The van der Waals surface area contributed by atoms with E-state index in [0.717, 1.165) is 69.5 Å². The maximum atomic E-state index is 13.5. The molecule has 10 nitrogen and oxygen atoms in total. The average Bonchev–Trinajstić information content (AvgIpc) is 3.64. The van der Waals surface area contributed by atoms with Gasteiger partial charge in [0.2, 0.25) is 0 Å². The highest BCUT2D eigenvalue weighted by Crippen LogP contribution is 2.37. The number of pyridine rings is 2. The quantitative estimate of drug-likeness (QED) is 0.342. The zero-order valence-electron chi connectivity index (χ0n) is 21.2. The number of hydrogen-bond acceptors (Lipinski definition) is 9. The fourth-order valence-electron chi connectivity index (χ4n) is 4.99. The molecule has 1 amide bonds. The fraction of sp³-hybridized carbons (Fsp3) is 0.286. The van der Waals surface area contributed by atoms with Crippen molar-refractivity contribution < 1.29 is 14.3 Å². The second kappa shape index (κ2) is 10.3. The monoisotopic (exact) mass is 541 g/mol. The number of aromatic nitrogens is 4. The minimum atomic E-state index is -0.265. The van der Waals surface area contributed by atoms with E-state index < -0.39 is 0 Å². The standard InChI is InChI=1S/C28H27N7O3S/c36-27(21-3-1-2-20(31-21)19-14-18-4-5-29-26(18)30-17-19)32-22-16-25-23(15-24(22)34-6-10-37-11-7-34)33-28(39-25)35-8-12-38-13-9-35/h1-5,14-17H,6-13H2,(H,29,30)(H,32,36). The molecule has 5 aromatic rings. The fourth-order valence-corrected chi connectivity index (χ4v) is 6.03. The van der Waals surface area contributed by atoms with Gasteiger partial charge in [0.25, 0.3) is 5.91 Å². The lowest BCUT2D eigenvalue weighted by atomic mass is 10.1. The zero-order chi connectivity index (χ0) is 26.2. The molecule has 2 saturated heterocycles. The topological polar surface area (TPSA) is 109 Å². The summed E-state index contributed by atoms with van der Waals surface area (Å²) in [6, 6.07) is 13.6. The normalized spacial score (nSPS) is 16.2. The summed E-state index contributed by atoms with van der Waals surface area (Å²) in [5, 5.41) is 5.12. The molecule has 198 valence electrons. The number of ether oxygens (including phenoxy) is 2. The Hall–Kier alpha value is -4.06. The van der Waals surface area contributed by atoms with Gasteiger partial charge in [0.1, 0.15) is 11.3 Å².